The average Bonchev–Trinajstić information content (AvgIpc) is 2.85. The third kappa shape index (κ3) is 4.27. The number of esters is 2. The monoisotopic (exact) mass is 443 g/mol. The maximum absolute atomic E-state index is 12.8. The Morgan fingerprint density at radius 1 is 0.727 bits per heavy atom. The summed E-state index contributed by atoms with van der Waals surface area (Å²) in [5.41, 5.74) is 1.83. The number of carbonyl (C=O) groups excluding carboxylic acids is 5. The number of ether oxygens (including phenoxy) is 2. The Balaban J connectivity index is 1.40. The molecule has 4 rings (SSSR count). The summed E-state index contributed by atoms with van der Waals surface area (Å²) in [4.78, 5) is 61.3. The van der Waals surface area contributed by atoms with Gasteiger partial charge in [0, 0.05) is 27.9 Å². The van der Waals surface area contributed by atoms with E-state index in [1.165, 1.54) is 49.6 Å². The first-order valence-corrected chi connectivity index (χ1v) is 9.87. The van der Waals surface area contributed by atoms with Gasteiger partial charge in [-0.25, -0.2) is 9.59 Å². The first kappa shape index (κ1) is 21.6. The third-order valence-electron chi connectivity index (χ3n) is 5.08. The van der Waals surface area contributed by atoms with Gasteiger partial charge < -0.3 is 14.8 Å². The van der Waals surface area contributed by atoms with Crippen LogP contribution in [-0.2, 0) is 14.3 Å². The minimum Gasteiger partial charge on any atom is -0.465 e. The first-order valence-electron chi connectivity index (χ1n) is 9.87. The van der Waals surface area contributed by atoms with Crippen LogP contribution in [0.5, 0.6) is 0 Å². The number of carbonyl (C=O) groups is 5. The lowest BCUT2D eigenvalue weighted by molar-refractivity contribution is -0.119. The van der Waals surface area contributed by atoms with Gasteiger partial charge in [-0.3, -0.25) is 14.4 Å². The van der Waals surface area contributed by atoms with Crippen LogP contribution in [-0.4, -0.2) is 43.1 Å². The van der Waals surface area contributed by atoms with Gasteiger partial charge in [0.05, 0.1) is 18.2 Å². The Morgan fingerprint density at radius 2 is 1.27 bits per heavy atom. The van der Waals surface area contributed by atoms with E-state index < -0.39 is 24.5 Å². The summed E-state index contributed by atoms with van der Waals surface area (Å²) < 4.78 is 9.59. The number of fused-ring (bicyclic) bond motifs is 2. The Kier molecular flexibility index (Phi) is 5.82. The zero-order valence-electron chi connectivity index (χ0n) is 17.4. The lowest BCUT2D eigenvalue weighted by atomic mass is 9.84. The van der Waals surface area contributed by atoms with Crippen LogP contribution in [0, 0.1) is 0 Å². The Labute approximate surface area is 188 Å². The summed E-state index contributed by atoms with van der Waals surface area (Å²) in [5, 5.41) is 2.55. The summed E-state index contributed by atoms with van der Waals surface area (Å²) in [5.74, 6) is -2.47. The molecule has 8 nitrogen and oxygen atoms in total. The van der Waals surface area contributed by atoms with Gasteiger partial charge >= 0.3 is 11.9 Å². The second-order valence-corrected chi connectivity index (χ2v) is 7.16. The number of rotatable bonds is 5. The number of benzene rings is 3. The molecule has 0 aromatic heterocycles. The van der Waals surface area contributed by atoms with E-state index in [9.17, 15) is 24.0 Å². The van der Waals surface area contributed by atoms with Crippen LogP contribution in [0.2, 0.25) is 0 Å². The van der Waals surface area contributed by atoms with Crippen molar-refractivity contribution in [2.75, 3.05) is 19.0 Å². The van der Waals surface area contributed by atoms with E-state index in [1.54, 1.807) is 24.3 Å². The molecule has 8 heteroatoms. The van der Waals surface area contributed by atoms with Crippen molar-refractivity contribution in [1.82, 2.24) is 0 Å². The summed E-state index contributed by atoms with van der Waals surface area (Å²) >= 11 is 0. The standard InChI is InChI=1S/C25H17NO7/c1-32-24(30)14-6-8-15(9-7-14)25(31)33-13-21(27)26-16-10-11-19-20(12-16)23(29)18-5-3-2-4-17(18)22(19)28/h2-12H,13H2,1H3,(H,26,27). The van der Waals surface area contributed by atoms with Crippen molar-refractivity contribution >= 4 is 35.1 Å². The lowest BCUT2D eigenvalue weighted by Crippen LogP contribution is -2.23. The molecule has 0 saturated carbocycles. The summed E-state index contributed by atoms with van der Waals surface area (Å²) in [6.45, 7) is -0.565. The molecule has 1 aliphatic rings. The second kappa shape index (κ2) is 8.88. The van der Waals surface area contributed by atoms with E-state index in [1.807, 2.05) is 0 Å². The fourth-order valence-electron chi connectivity index (χ4n) is 3.45. The number of amides is 1. The topological polar surface area (TPSA) is 116 Å². The van der Waals surface area contributed by atoms with E-state index in [4.69, 9.17) is 4.74 Å². The van der Waals surface area contributed by atoms with Gasteiger partial charge in [-0.2, -0.15) is 0 Å². The van der Waals surface area contributed by atoms with Crippen molar-refractivity contribution in [2.45, 2.75) is 0 Å². The molecule has 0 unspecified atom stereocenters. The molecule has 33 heavy (non-hydrogen) atoms. The van der Waals surface area contributed by atoms with Gasteiger partial charge in [0.1, 0.15) is 0 Å². The van der Waals surface area contributed by atoms with Crippen LogP contribution in [0.4, 0.5) is 5.69 Å². The number of nitrogens with one attached hydrogen (secondary N) is 1. The molecule has 0 aliphatic heterocycles. The second-order valence-electron chi connectivity index (χ2n) is 7.16. The molecule has 1 amide bonds. The van der Waals surface area contributed by atoms with Crippen molar-refractivity contribution < 1.29 is 33.4 Å². The zero-order valence-corrected chi connectivity index (χ0v) is 17.4. The van der Waals surface area contributed by atoms with Crippen LogP contribution in [0.1, 0.15) is 52.6 Å². The number of hydrogen-bond donors (Lipinski definition) is 1. The fraction of sp³-hybridized carbons (Fsp3) is 0.0800. The quantitative estimate of drug-likeness (QED) is 0.471. The molecule has 0 bridgehead atoms. The highest BCUT2D eigenvalue weighted by molar-refractivity contribution is 6.28. The highest BCUT2D eigenvalue weighted by Gasteiger charge is 2.29. The molecule has 3 aromatic carbocycles. The molecule has 0 saturated heterocycles. The molecule has 3 aromatic rings. The van der Waals surface area contributed by atoms with Crippen LogP contribution in [0.25, 0.3) is 0 Å². The number of methoxy groups -OCH3 is 1. The fourth-order valence-corrected chi connectivity index (χ4v) is 3.45. The Morgan fingerprint density at radius 3 is 1.88 bits per heavy atom. The molecular formula is C25H17NO7. The molecule has 0 heterocycles. The van der Waals surface area contributed by atoms with E-state index >= 15 is 0 Å². The highest BCUT2D eigenvalue weighted by Crippen LogP contribution is 2.29. The summed E-state index contributed by atoms with van der Waals surface area (Å²) in [7, 11) is 1.25. The minimum atomic E-state index is -0.746. The summed E-state index contributed by atoms with van der Waals surface area (Å²) in [6, 6.07) is 16.6. The molecular weight excluding hydrogens is 426 g/mol. The normalized spacial score (nSPS) is 11.8. The Hall–Kier alpha value is -4.59. The Bertz CT molecular complexity index is 1310. The number of hydrogen-bond acceptors (Lipinski definition) is 7. The highest BCUT2D eigenvalue weighted by atomic mass is 16.5. The van der Waals surface area contributed by atoms with Gasteiger partial charge in [0.25, 0.3) is 5.91 Å². The maximum atomic E-state index is 12.8. The van der Waals surface area contributed by atoms with Gasteiger partial charge in [0.15, 0.2) is 18.2 Å². The van der Waals surface area contributed by atoms with E-state index in [2.05, 4.69) is 10.1 Å². The van der Waals surface area contributed by atoms with E-state index in [0.717, 1.165) is 0 Å². The van der Waals surface area contributed by atoms with Gasteiger partial charge in [-0.05, 0) is 42.5 Å². The molecule has 0 fully saturated rings. The molecule has 1 N–H and O–H groups in total. The third-order valence-corrected chi connectivity index (χ3v) is 5.08. The van der Waals surface area contributed by atoms with E-state index in [-0.39, 0.29) is 39.5 Å². The molecule has 0 radical (unpaired) electrons. The molecule has 1 aliphatic carbocycles. The SMILES string of the molecule is COC(=O)c1ccc(C(=O)OCC(=O)Nc2ccc3c(c2)C(=O)c2ccccc2C3=O)cc1. The van der Waals surface area contributed by atoms with Gasteiger partial charge in [-0.15, -0.1) is 0 Å². The van der Waals surface area contributed by atoms with Crippen molar-refractivity contribution in [3.8, 4) is 0 Å². The van der Waals surface area contributed by atoms with Crippen LogP contribution in [0.15, 0.2) is 66.7 Å². The maximum Gasteiger partial charge on any atom is 0.338 e. The van der Waals surface area contributed by atoms with Crippen molar-refractivity contribution in [2.24, 2.45) is 0 Å². The molecule has 0 atom stereocenters. The number of ketones is 2. The molecule has 164 valence electrons. The van der Waals surface area contributed by atoms with Crippen molar-refractivity contribution in [1.29, 1.82) is 0 Å². The van der Waals surface area contributed by atoms with Crippen molar-refractivity contribution in [3.05, 3.63) is 100 Å². The minimum absolute atomic E-state index is 0.159. The largest absolute Gasteiger partial charge is 0.465 e. The summed E-state index contributed by atoms with van der Waals surface area (Å²) in [6.07, 6.45) is 0. The van der Waals surface area contributed by atoms with Gasteiger partial charge in [0.2, 0.25) is 0 Å². The first-order chi connectivity index (χ1) is 15.9. The van der Waals surface area contributed by atoms with Gasteiger partial charge in [-0.1, -0.05) is 24.3 Å². The number of anilines is 1. The predicted molar refractivity (Wildman–Crippen MR) is 116 cm³/mol. The molecule has 0 spiro atoms. The predicted octanol–water partition coefficient (Wildman–Crippen LogP) is 3.04. The van der Waals surface area contributed by atoms with E-state index in [0.29, 0.717) is 11.1 Å². The van der Waals surface area contributed by atoms with Crippen LogP contribution < -0.4 is 5.32 Å². The van der Waals surface area contributed by atoms with Crippen LogP contribution >= 0.6 is 0 Å². The average molecular weight is 443 g/mol. The lowest BCUT2D eigenvalue weighted by Gasteiger charge is -2.18. The zero-order chi connectivity index (χ0) is 23.5. The van der Waals surface area contributed by atoms with Crippen LogP contribution in [0.3, 0.4) is 0 Å². The van der Waals surface area contributed by atoms with Crippen molar-refractivity contribution in [3.63, 3.8) is 0 Å². The smallest absolute Gasteiger partial charge is 0.338 e.